The van der Waals surface area contributed by atoms with Crippen LogP contribution in [0.4, 0.5) is 0 Å². The molecule has 0 N–H and O–H groups in total. The van der Waals surface area contributed by atoms with Crippen LogP contribution in [0, 0.1) is 0 Å². The van der Waals surface area contributed by atoms with Crippen molar-refractivity contribution in [2.45, 2.75) is 104 Å². The van der Waals surface area contributed by atoms with Gasteiger partial charge in [-0.05, 0) is 82.3 Å². The average Bonchev–Trinajstić information content (AvgIpc) is 3.60. The van der Waals surface area contributed by atoms with Crippen LogP contribution in [0.5, 0.6) is 0 Å². The first-order chi connectivity index (χ1) is 19.8. The topological polar surface area (TPSA) is 0 Å². The summed E-state index contributed by atoms with van der Waals surface area (Å²) in [6, 6.07) is 24.0. The van der Waals surface area contributed by atoms with Crippen LogP contribution in [-0.4, -0.2) is 0 Å². The zero-order chi connectivity index (χ0) is 27.3. The third-order valence-corrected chi connectivity index (χ3v) is 11.2. The number of hydrogen-bond acceptors (Lipinski definition) is 2. The summed E-state index contributed by atoms with van der Waals surface area (Å²) in [5.41, 5.74) is 0. The maximum absolute atomic E-state index is 2.49. The van der Waals surface area contributed by atoms with Gasteiger partial charge in [0.2, 0.25) is 0 Å². The molecule has 208 valence electrons. The molecular formula is C38H44S2. The zero-order valence-electron chi connectivity index (χ0n) is 24.5. The number of hydrogen-bond donors (Lipinski definition) is 0. The fourth-order valence-electron chi connectivity index (χ4n) is 6.59. The van der Waals surface area contributed by atoms with E-state index in [-0.39, 0.29) is 0 Å². The zero-order valence-corrected chi connectivity index (χ0v) is 26.1. The molecule has 0 atom stereocenters. The number of aryl methyl sites for hydroxylation is 2. The van der Waals surface area contributed by atoms with E-state index in [1.54, 1.807) is 9.75 Å². The van der Waals surface area contributed by atoms with Crippen LogP contribution < -0.4 is 0 Å². The highest BCUT2D eigenvalue weighted by Crippen LogP contribution is 2.40. The largest absolute Gasteiger partial charge is 0.140 e. The second kappa shape index (κ2) is 13.0. The molecule has 2 aromatic heterocycles. The highest BCUT2D eigenvalue weighted by Gasteiger charge is 2.12. The van der Waals surface area contributed by atoms with Crippen molar-refractivity contribution in [2.75, 3.05) is 0 Å². The van der Waals surface area contributed by atoms with E-state index in [9.17, 15) is 0 Å². The van der Waals surface area contributed by atoms with Crippen LogP contribution in [0.1, 0.15) is 101 Å². The molecule has 0 nitrogen and oxygen atoms in total. The van der Waals surface area contributed by atoms with Crippen LogP contribution in [0.15, 0.2) is 60.7 Å². The highest BCUT2D eigenvalue weighted by molar-refractivity contribution is 7.19. The van der Waals surface area contributed by atoms with Crippen molar-refractivity contribution in [3.05, 3.63) is 70.4 Å². The van der Waals surface area contributed by atoms with Gasteiger partial charge in [-0.3, -0.25) is 0 Å². The van der Waals surface area contributed by atoms with Gasteiger partial charge in [0, 0.05) is 29.9 Å². The van der Waals surface area contributed by atoms with E-state index in [2.05, 4.69) is 74.5 Å². The van der Waals surface area contributed by atoms with Crippen LogP contribution >= 0.6 is 22.7 Å². The van der Waals surface area contributed by atoms with Gasteiger partial charge in [0.25, 0.3) is 0 Å². The van der Waals surface area contributed by atoms with Crippen LogP contribution in [0.25, 0.3) is 52.5 Å². The van der Waals surface area contributed by atoms with E-state index in [0.29, 0.717) is 0 Å². The van der Waals surface area contributed by atoms with Gasteiger partial charge in [-0.2, -0.15) is 0 Å². The summed E-state index contributed by atoms with van der Waals surface area (Å²) in [6.07, 6.45) is 18.8. The average molecular weight is 565 g/mol. The lowest BCUT2D eigenvalue weighted by Crippen LogP contribution is -1.83. The molecule has 0 radical (unpaired) electrons. The summed E-state index contributed by atoms with van der Waals surface area (Å²) in [5.74, 6) is 0. The lowest BCUT2D eigenvalue weighted by molar-refractivity contribution is 0.609. The van der Waals surface area contributed by atoms with Crippen molar-refractivity contribution in [3.63, 3.8) is 0 Å². The van der Waals surface area contributed by atoms with E-state index in [1.165, 1.54) is 142 Å². The Labute approximate surface area is 248 Å². The number of fused-ring (bicyclic) bond motifs is 9. The Hall–Kier alpha value is -2.42. The van der Waals surface area contributed by atoms with Crippen molar-refractivity contribution in [1.82, 2.24) is 0 Å². The lowest BCUT2D eigenvalue weighted by Gasteiger charge is -2.09. The Morgan fingerprint density at radius 3 is 1.10 bits per heavy atom. The van der Waals surface area contributed by atoms with Crippen LogP contribution in [0.2, 0.25) is 0 Å². The van der Waals surface area contributed by atoms with Gasteiger partial charge in [0.05, 0.1) is 0 Å². The summed E-state index contributed by atoms with van der Waals surface area (Å²) >= 11 is 4.01. The lowest BCUT2D eigenvalue weighted by atomic mass is 9.94. The van der Waals surface area contributed by atoms with Crippen molar-refractivity contribution in [1.29, 1.82) is 0 Å². The highest BCUT2D eigenvalue weighted by atomic mass is 32.1. The Balaban J connectivity index is 1.26. The third-order valence-electron chi connectivity index (χ3n) is 8.84. The second-order valence-corrected chi connectivity index (χ2v) is 14.2. The standard InChI is InChI=1S/C38H44S2/c1-3-5-7-9-11-13-15-27-25-35-33-19-17-30-29(31(33)21-23-37(35)39-27)18-20-34-32(30)22-24-38-36(34)26-28(40-38)16-14-12-10-8-6-4-2/h17-26H,3-16H2,1-2H3. The molecule has 6 rings (SSSR count). The van der Waals surface area contributed by atoms with Crippen LogP contribution in [0.3, 0.4) is 0 Å². The number of rotatable bonds is 14. The second-order valence-electron chi connectivity index (χ2n) is 11.8. The molecule has 0 spiro atoms. The van der Waals surface area contributed by atoms with Gasteiger partial charge in [-0.15, -0.1) is 22.7 Å². The molecule has 2 heteroatoms. The summed E-state index contributed by atoms with van der Waals surface area (Å²) in [4.78, 5) is 3.10. The molecule has 0 fully saturated rings. The fourth-order valence-corrected chi connectivity index (χ4v) is 8.83. The number of benzene rings is 4. The predicted molar refractivity (Wildman–Crippen MR) is 184 cm³/mol. The molecule has 0 saturated carbocycles. The van der Waals surface area contributed by atoms with Gasteiger partial charge >= 0.3 is 0 Å². The number of unbranched alkanes of at least 4 members (excludes halogenated alkanes) is 10. The quantitative estimate of drug-likeness (QED) is 0.0911. The summed E-state index contributed by atoms with van der Waals surface area (Å²) in [6.45, 7) is 4.59. The molecular weight excluding hydrogens is 521 g/mol. The van der Waals surface area contributed by atoms with Crippen molar-refractivity contribution in [3.8, 4) is 0 Å². The summed E-state index contributed by atoms with van der Waals surface area (Å²) < 4.78 is 2.87. The minimum atomic E-state index is 1.22. The first kappa shape index (κ1) is 27.7. The third kappa shape index (κ3) is 5.81. The molecule has 4 aromatic carbocycles. The van der Waals surface area contributed by atoms with E-state index < -0.39 is 0 Å². The molecule has 0 aliphatic carbocycles. The molecule has 0 bridgehead atoms. The maximum Gasteiger partial charge on any atom is 0.0352 e. The summed E-state index contributed by atoms with van der Waals surface area (Å²) in [7, 11) is 0. The van der Waals surface area contributed by atoms with Gasteiger partial charge in [-0.1, -0.05) is 114 Å². The molecule has 6 aromatic rings. The Morgan fingerprint density at radius 1 is 0.375 bits per heavy atom. The monoisotopic (exact) mass is 564 g/mol. The first-order valence-corrected chi connectivity index (χ1v) is 17.6. The smallest absolute Gasteiger partial charge is 0.0352 e. The SMILES string of the molecule is CCCCCCCCc1cc2c(ccc3c2ccc2c4ccc5sc(CCCCCCCC)cc5c4ccc32)s1. The predicted octanol–water partition coefficient (Wildman–Crippen LogP) is 13.4. The van der Waals surface area contributed by atoms with Crippen molar-refractivity contribution >= 4 is 75.2 Å². The van der Waals surface area contributed by atoms with Crippen molar-refractivity contribution < 1.29 is 0 Å². The van der Waals surface area contributed by atoms with Crippen LogP contribution in [-0.2, 0) is 12.8 Å². The van der Waals surface area contributed by atoms with Gasteiger partial charge in [0.15, 0.2) is 0 Å². The fraction of sp³-hybridized carbons (Fsp3) is 0.421. The van der Waals surface area contributed by atoms with Gasteiger partial charge in [-0.25, -0.2) is 0 Å². The Kier molecular flexibility index (Phi) is 9.05. The molecule has 0 unspecified atom stereocenters. The van der Waals surface area contributed by atoms with Crippen molar-refractivity contribution in [2.24, 2.45) is 0 Å². The van der Waals surface area contributed by atoms with E-state index in [1.807, 2.05) is 22.7 Å². The molecule has 0 aliphatic heterocycles. The minimum Gasteiger partial charge on any atom is -0.140 e. The van der Waals surface area contributed by atoms with E-state index in [0.717, 1.165) is 0 Å². The molecule has 0 saturated heterocycles. The molecule has 2 heterocycles. The molecule has 40 heavy (non-hydrogen) atoms. The maximum atomic E-state index is 2.49. The number of thiophene rings is 2. The molecule has 0 amide bonds. The molecule has 0 aliphatic rings. The normalized spacial score (nSPS) is 12.2. The minimum absolute atomic E-state index is 1.22. The Bertz CT molecular complexity index is 1600. The Morgan fingerprint density at radius 2 is 0.700 bits per heavy atom. The van der Waals surface area contributed by atoms with E-state index in [4.69, 9.17) is 0 Å². The summed E-state index contributed by atoms with van der Waals surface area (Å²) in [5, 5.41) is 11.3. The van der Waals surface area contributed by atoms with Gasteiger partial charge < -0.3 is 0 Å². The first-order valence-electron chi connectivity index (χ1n) is 16.0. The van der Waals surface area contributed by atoms with Gasteiger partial charge in [0.1, 0.15) is 0 Å². The van der Waals surface area contributed by atoms with E-state index >= 15 is 0 Å².